The molecule has 0 aromatic carbocycles. The monoisotopic (exact) mass is 271 g/mol. The Morgan fingerprint density at radius 1 is 1.56 bits per heavy atom. The number of nitrogens with zero attached hydrogens (tertiary/aromatic N) is 2. The number of pyridine rings is 1. The number of nitrogens with one attached hydrogen (secondary N) is 1. The van der Waals surface area contributed by atoms with E-state index in [2.05, 4.69) is 10.3 Å². The number of aliphatic hydroxyl groups is 1. The molecule has 2 amide bonds. The van der Waals surface area contributed by atoms with Gasteiger partial charge in [0.15, 0.2) is 0 Å². The van der Waals surface area contributed by atoms with E-state index in [9.17, 15) is 4.79 Å². The molecule has 18 heavy (non-hydrogen) atoms. The van der Waals surface area contributed by atoms with Gasteiger partial charge in [0.25, 0.3) is 0 Å². The molecule has 100 valence electrons. The molecular formula is C12H18ClN3O2. The molecule has 0 fully saturated rings. The maximum Gasteiger partial charge on any atom is 0.321 e. The number of amides is 2. The number of carbonyl (C=O) groups is 1. The largest absolute Gasteiger partial charge is 0.395 e. The van der Waals surface area contributed by atoms with E-state index in [0.717, 1.165) is 12.0 Å². The van der Waals surface area contributed by atoms with Crippen LogP contribution < -0.4 is 5.32 Å². The Morgan fingerprint density at radius 3 is 2.83 bits per heavy atom. The summed E-state index contributed by atoms with van der Waals surface area (Å²) in [5.74, 6) is 0. The molecule has 0 aliphatic carbocycles. The Bertz CT molecular complexity index is 406. The number of aryl methyl sites for hydroxylation is 1. The second kappa shape index (κ2) is 7.18. The van der Waals surface area contributed by atoms with Gasteiger partial charge in [0.1, 0.15) is 5.15 Å². The van der Waals surface area contributed by atoms with E-state index in [4.69, 9.17) is 16.7 Å². The Kier molecular flexibility index (Phi) is 5.88. The third-order valence-corrected chi connectivity index (χ3v) is 2.81. The predicted molar refractivity (Wildman–Crippen MR) is 72.0 cm³/mol. The van der Waals surface area contributed by atoms with Gasteiger partial charge in [-0.1, -0.05) is 18.5 Å². The molecule has 1 aromatic heterocycles. The van der Waals surface area contributed by atoms with Crippen LogP contribution in [0, 0.1) is 6.92 Å². The summed E-state index contributed by atoms with van der Waals surface area (Å²) in [6.45, 7) is 4.67. The van der Waals surface area contributed by atoms with E-state index in [1.165, 1.54) is 6.20 Å². The van der Waals surface area contributed by atoms with Crippen molar-refractivity contribution in [2.24, 2.45) is 0 Å². The van der Waals surface area contributed by atoms with Crippen LogP contribution in [0.2, 0.25) is 5.15 Å². The van der Waals surface area contributed by atoms with Crippen molar-refractivity contribution in [3.8, 4) is 0 Å². The molecule has 0 unspecified atom stereocenters. The fourth-order valence-electron chi connectivity index (χ4n) is 1.53. The van der Waals surface area contributed by atoms with E-state index in [1.54, 1.807) is 11.0 Å². The summed E-state index contributed by atoms with van der Waals surface area (Å²) >= 11 is 5.81. The molecule has 0 aliphatic heterocycles. The summed E-state index contributed by atoms with van der Waals surface area (Å²) in [6.07, 6.45) is 2.35. The van der Waals surface area contributed by atoms with Crippen LogP contribution in [0.25, 0.3) is 0 Å². The Labute approximate surface area is 112 Å². The van der Waals surface area contributed by atoms with Gasteiger partial charge in [-0.15, -0.1) is 0 Å². The van der Waals surface area contributed by atoms with Crippen molar-refractivity contribution in [2.45, 2.75) is 20.3 Å². The fourth-order valence-corrected chi connectivity index (χ4v) is 1.64. The lowest BCUT2D eigenvalue weighted by atomic mass is 10.3. The summed E-state index contributed by atoms with van der Waals surface area (Å²) < 4.78 is 0. The number of hydrogen-bond acceptors (Lipinski definition) is 3. The van der Waals surface area contributed by atoms with Gasteiger partial charge < -0.3 is 15.3 Å². The van der Waals surface area contributed by atoms with Crippen molar-refractivity contribution in [2.75, 3.05) is 25.0 Å². The van der Waals surface area contributed by atoms with Crippen LogP contribution in [0.3, 0.4) is 0 Å². The van der Waals surface area contributed by atoms with Gasteiger partial charge in [-0.2, -0.15) is 0 Å². The number of anilines is 1. The van der Waals surface area contributed by atoms with Gasteiger partial charge in [0, 0.05) is 13.1 Å². The standard InChI is InChI=1S/C12H18ClN3O2/c1-3-4-16(5-6-17)12(18)15-10-7-9(2)11(13)14-8-10/h7-8,17H,3-6H2,1-2H3,(H,15,18). The fraction of sp³-hybridized carbons (Fsp3) is 0.500. The van der Waals surface area contributed by atoms with E-state index in [-0.39, 0.29) is 12.6 Å². The summed E-state index contributed by atoms with van der Waals surface area (Å²) in [4.78, 5) is 17.5. The first-order valence-electron chi connectivity index (χ1n) is 5.87. The van der Waals surface area contributed by atoms with E-state index < -0.39 is 0 Å². The number of carbonyl (C=O) groups excluding carboxylic acids is 1. The van der Waals surface area contributed by atoms with Crippen LogP contribution in [0.1, 0.15) is 18.9 Å². The zero-order chi connectivity index (χ0) is 13.5. The number of hydrogen-bond donors (Lipinski definition) is 2. The maximum atomic E-state index is 11.9. The lowest BCUT2D eigenvalue weighted by Gasteiger charge is -2.21. The van der Waals surface area contributed by atoms with Crippen molar-refractivity contribution < 1.29 is 9.90 Å². The van der Waals surface area contributed by atoms with E-state index in [1.807, 2.05) is 13.8 Å². The summed E-state index contributed by atoms with van der Waals surface area (Å²) in [5, 5.41) is 12.1. The molecule has 0 atom stereocenters. The molecule has 0 aliphatic rings. The molecule has 2 N–H and O–H groups in total. The van der Waals surface area contributed by atoms with Crippen molar-refractivity contribution in [1.82, 2.24) is 9.88 Å². The van der Waals surface area contributed by atoms with E-state index >= 15 is 0 Å². The average molecular weight is 272 g/mol. The molecule has 0 saturated heterocycles. The Morgan fingerprint density at radius 2 is 2.28 bits per heavy atom. The maximum absolute atomic E-state index is 11.9. The normalized spacial score (nSPS) is 10.2. The molecule has 0 radical (unpaired) electrons. The molecule has 0 bridgehead atoms. The number of aliphatic hydroxyl groups excluding tert-OH is 1. The molecule has 0 spiro atoms. The molecule has 1 rings (SSSR count). The van der Waals surface area contributed by atoms with Gasteiger partial charge in [0.2, 0.25) is 0 Å². The van der Waals surface area contributed by atoms with Crippen LogP contribution in [0.5, 0.6) is 0 Å². The average Bonchev–Trinajstić information content (AvgIpc) is 2.33. The van der Waals surface area contributed by atoms with Crippen molar-refractivity contribution in [3.05, 3.63) is 23.0 Å². The zero-order valence-electron chi connectivity index (χ0n) is 10.6. The van der Waals surface area contributed by atoms with Gasteiger partial charge in [-0.3, -0.25) is 0 Å². The predicted octanol–water partition coefficient (Wildman–Crippen LogP) is 2.28. The van der Waals surface area contributed by atoms with Crippen LogP contribution in [0.15, 0.2) is 12.3 Å². The number of aromatic nitrogens is 1. The minimum atomic E-state index is -0.241. The number of halogens is 1. The zero-order valence-corrected chi connectivity index (χ0v) is 11.4. The highest BCUT2D eigenvalue weighted by atomic mass is 35.5. The highest BCUT2D eigenvalue weighted by Crippen LogP contribution is 2.16. The van der Waals surface area contributed by atoms with Crippen molar-refractivity contribution in [3.63, 3.8) is 0 Å². The second-order valence-electron chi connectivity index (χ2n) is 3.97. The van der Waals surface area contributed by atoms with Crippen LogP contribution in [0.4, 0.5) is 10.5 Å². The minimum absolute atomic E-state index is 0.0503. The van der Waals surface area contributed by atoms with Crippen LogP contribution in [-0.4, -0.2) is 40.7 Å². The third-order valence-electron chi connectivity index (χ3n) is 2.42. The topological polar surface area (TPSA) is 65.5 Å². The first-order valence-corrected chi connectivity index (χ1v) is 6.25. The summed E-state index contributed by atoms with van der Waals surface area (Å²) in [6, 6.07) is 1.52. The van der Waals surface area contributed by atoms with E-state index in [0.29, 0.717) is 23.9 Å². The highest BCUT2D eigenvalue weighted by Gasteiger charge is 2.12. The van der Waals surface area contributed by atoms with Gasteiger partial charge in [-0.25, -0.2) is 9.78 Å². The SMILES string of the molecule is CCCN(CCO)C(=O)Nc1cnc(Cl)c(C)c1. The molecule has 1 heterocycles. The Hall–Kier alpha value is -1.33. The van der Waals surface area contributed by atoms with Gasteiger partial charge >= 0.3 is 6.03 Å². The molecule has 6 heteroatoms. The van der Waals surface area contributed by atoms with Crippen molar-refractivity contribution >= 4 is 23.3 Å². The molecular weight excluding hydrogens is 254 g/mol. The molecule has 5 nitrogen and oxygen atoms in total. The van der Waals surface area contributed by atoms with Crippen LogP contribution >= 0.6 is 11.6 Å². The van der Waals surface area contributed by atoms with Crippen molar-refractivity contribution in [1.29, 1.82) is 0 Å². The number of rotatable bonds is 5. The Balaban J connectivity index is 2.69. The number of urea groups is 1. The third kappa shape index (κ3) is 4.16. The van der Waals surface area contributed by atoms with Crippen LogP contribution in [-0.2, 0) is 0 Å². The first kappa shape index (κ1) is 14.7. The molecule has 1 aromatic rings. The van der Waals surface area contributed by atoms with Gasteiger partial charge in [-0.05, 0) is 25.0 Å². The smallest absolute Gasteiger partial charge is 0.321 e. The lowest BCUT2D eigenvalue weighted by molar-refractivity contribution is 0.188. The summed E-state index contributed by atoms with van der Waals surface area (Å²) in [5.41, 5.74) is 1.40. The lowest BCUT2D eigenvalue weighted by Crippen LogP contribution is -2.37. The second-order valence-corrected chi connectivity index (χ2v) is 4.33. The molecule has 0 saturated carbocycles. The quantitative estimate of drug-likeness (QED) is 0.808. The minimum Gasteiger partial charge on any atom is -0.395 e. The first-order chi connectivity index (χ1) is 8.58. The summed E-state index contributed by atoms with van der Waals surface area (Å²) in [7, 11) is 0. The van der Waals surface area contributed by atoms with Gasteiger partial charge in [0.05, 0.1) is 18.5 Å². The highest BCUT2D eigenvalue weighted by molar-refractivity contribution is 6.30.